The second-order valence-electron chi connectivity index (χ2n) is 4.97. The van der Waals surface area contributed by atoms with Gasteiger partial charge < -0.3 is 10.1 Å². The third-order valence-corrected chi connectivity index (χ3v) is 3.13. The van der Waals surface area contributed by atoms with E-state index in [0.717, 1.165) is 11.1 Å². The molecule has 0 aliphatic rings. The molecule has 2 rings (SSSR count). The van der Waals surface area contributed by atoms with Crippen molar-refractivity contribution in [2.24, 2.45) is 0 Å². The molecule has 0 unspecified atom stereocenters. The summed E-state index contributed by atoms with van der Waals surface area (Å²) in [5.74, 6) is 0.0222. The quantitative estimate of drug-likeness (QED) is 0.692. The van der Waals surface area contributed by atoms with E-state index < -0.39 is 4.92 Å². The van der Waals surface area contributed by atoms with Gasteiger partial charge in [0.05, 0.1) is 17.7 Å². The van der Waals surface area contributed by atoms with Crippen molar-refractivity contribution < 1.29 is 14.5 Å². The molecule has 6 nitrogen and oxygen atoms in total. The van der Waals surface area contributed by atoms with E-state index in [1.54, 1.807) is 12.1 Å². The van der Waals surface area contributed by atoms with Gasteiger partial charge in [-0.3, -0.25) is 14.9 Å². The van der Waals surface area contributed by atoms with Crippen molar-refractivity contribution >= 4 is 17.3 Å². The van der Waals surface area contributed by atoms with Crippen LogP contribution in [-0.4, -0.2) is 17.9 Å². The summed E-state index contributed by atoms with van der Waals surface area (Å²) in [4.78, 5) is 22.7. The highest BCUT2D eigenvalue weighted by Crippen LogP contribution is 2.29. The van der Waals surface area contributed by atoms with E-state index in [-0.39, 0.29) is 17.3 Å². The number of aryl methyl sites for hydroxylation is 2. The number of carbonyl (C=O) groups is 1. The average Bonchev–Trinajstić information content (AvgIpc) is 2.46. The molecule has 1 amide bonds. The summed E-state index contributed by atoms with van der Waals surface area (Å²) in [6.45, 7) is 3.80. The van der Waals surface area contributed by atoms with Crippen LogP contribution in [0.25, 0.3) is 0 Å². The fraction of sp³-hybridized carbons (Fsp3) is 0.188. The molecule has 0 aromatic heterocycles. The number of methoxy groups -OCH3 is 1. The second-order valence-corrected chi connectivity index (χ2v) is 4.97. The minimum Gasteiger partial charge on any atom is -0.495 e. The summed E-state index contributed by atoms with van der Waals surface area (Å²) < 4.78 is 5.13. The Kier molecular flexibility index (Phi) is 4.41. The van der Waals surface area contributed by atoms with Gasteiger partial charge in [-0.2, -0.15) is 0 Å². The van der Waals surface area contributed by atoms with Crippen LogP contribution in [0.2, 0.25) is 0 Å². The standard InChI is InChI=1S/C16H16N2O4/c1-10-6-11(2)8-12(7-10)16(19)17-14-9-13(18(20)21)4-5-15(14)22-3/h4-9H,1-3H3,(H,17,19). The summed E-state index contributed by atoms with van der Waals surface area (Å²) in [6.07, 6.45) is 0. The molecule has 0 bridgehead atoms. The van der Waals surface area contributed by atoms with Crippen molar-refractivity contribution in [3.05, 3.63) is 63.2 Å². The number of hydrogen-bond acceptors (Lipinski definition) is 4. The van der Waals surface area contributed by atoms with E-state index in [9.17, 15) is 14.9 Å². The number of anilines is 1. The number of non-ortho nitro benzene ring substituents is 1. The number of ether oxygens (including phenoxy) is 1. The molecule has 114 valence electrons. The van der Waals surface area contributed by atoms with Crippen molar-refractivity contribution in [3.63, 3.8) is 0 Å². The molecule has 6 heteroatoms. The monoisotopic (exact) mass is 300 g/mol. The normalized spacial score (nSPS) is 10.1. The molecule has 0 heterocycles. The Morgan fingerprint density at radius 2 is 1.77 bits per heavy atom. The number of nitro groups is 1. The van der Waals surface area contributed by atoms with Crippen LogP contribution in [0.4, 0.5) is 11.4 Å². The lowest BCUT2D eigenvalue weighted by Gasteiger charge is -2.11. The maximum atomic E-state index is 12.3. The Labute approximate surface area is 127 Å². The fourth-order valence-corrected chi connectivity index (χ4v) is 2.21. The van der Waals surface area contributed by atoms with E-state index in [0.29, 0.717) is 11.3 Å². The first kappa shape index (κ1) is 15.5. The third kappa shape index (κ3) is 3.41. The molecule has 0 aliphatic carbocycles. The maximum Gasteiger partial charge on any atom is 0.271 e. The molecule has 0 saturated heterocycles. The van der Waals surface area contributed by atoms with Crippen LogP contribution in [0.15, 0.2) is 36.4 Å². The topological polar surface area (TPSA) is 81.5 Å². The van der Waals surface area contributed by atoms with Gasteiger partial charge in [-0.25, -0.2) is 0 Å². The molecule has 0 fully saturated rings. The van der Waals surface area contributed by atoms with E-state index in [4.69, 9.17) is 4.74 Å². The van der Waals surface area contributed by atoms with Gasteiger partial charge in [0.25, 0.3) is 11.6 Å². The highest BCUT2D eigenvalue weighted by atomic mass is 16.6. The lowest BCUT2D eigenvalue weighted by atomic mass is 10.1. The van der Waals surface area contributed by atoms with Crippen LogP contribution in [0.1, 0.15) is 21.5 Å². The molecule has 2 aromatic rings. The minimum absolute atomic E-state index is 0.114. The van der Waals surface area contributed by atoms with Crippen LogP contribution in [0, 0.1) is 24.0 Å². The Balaban J connectivity index is 2.34. The number of benzene rings is 2. The molecule has 2 aromatic carbocycles. The summed E-state index contributed by atoms with van der Waals surface area (Å²) in [5, 5.41) is 13.5. The third-order valence-electron chi connectivity index (χ3n) is 3.13. The van der Waals surface area contributed by atoms with Gasteiger partial charge in [0.2, 0.25) is 0 Å². The minimum atomic E-state index is -0.522. The van der Waals surface area contributed by atoms with Gasteiger partial charge in [0, 0.05) is 17.7 Å². The molecular weight excluding hydrogens is 284 g/mol. The highest BCUT2D eigenvalue weighted by Gasteiger charge is 2.15. The highest BCUT2D eigenvalue weighted by molar-refractivity contribution is 6.05. The summed E-state index contributed by atoms with van der Waals surface area (Å²) in [7, 11) is 1.44. The smallest absolute Gasteiger partial charge is 0.271 e. The van der Waals surface area contributed by atoms with Gasteiger partial charge in [0.15, 0.2) is 0 Å². The molecule has 0 aliphatic heterocycles. The molecule has 0 radical (unpaired) electrons. The Hall–Kier alpha value is -2.89. The van der Waals surface area contributed by atoms with Crippen molar-refractivity contribution in [3.8, 4) is 5.75 Å². The average molecular weight is 300 g/mol. The first-order valence-corrected chi connectivity index (χ1v) is 6.63. The molecule has 0 atom stereocenters. The van der Waals surface area contributed by atoms with Gasteiger partial charge in [-0.1, -0.05) is 17.2 Å². The second kappa shape index (κ2) is 6.26. The lowest BCUT2D eigenvalue weighted by Crippen LogP contribution is -2.13. The largest absolute Gasteiger partial charge is 0.495 e. The van der Waals surface area contributed by atoms with Crippen molar-refractivity contribution in [2.45, 2.75) is 13.8 Å². The number of hydrogen-bond donors (Lipinski definition) is 1. The number of carbonyl (C=O) groups excluding carboxylic acids is 1. The number of nitrogens with one attached hydrogen (secondary N) is 1. The van der Waals surface area contributed by atoms with E-state index in [2.05, 4.69) is 5.32 Å². The zero-order valence-electron chi connectivity index (χ0n) is 12.5. The van der Waals surface area contributed by atoms with E-state index >= 15 is 0 Å². The van der Waals surface area contributed by atoms with Gasteiger partial charge in [-0.15, -0.1) is 0 Å². The molecule has 0 saturated carbocycles. The van der Waals surface area contributed by atoms with Crippen molar-refractivity contribution in [2.75, 3.05) is 12.4 Å². The number of nitrogens with zero attached hydrogens (tertiary/aromatic N) is 1. The Morgan fingerprint density at radius 3 is 2.32 bits per heavy atom. The first-order valence-electron chi connectivity index (χ1n) is 6.63. The predicted octanol–water partition coefficient (Wildman–Crippen LogP) is 3.47. The predicted molar refractivity (Wildman–Crippen MR) is 83.5 cm³/mol. The van der Waals surface area contributed by atoms with Crippen LogP contribution >= 0.6 is 0 Å². The molecular formula is C16H16N2O4. The van der Waals surface area contributed by atoms with Crippen molar-refractivity contribution in [1.82, 2.24) is 0 Å². The summed E-state index contributed by atoms with van der Waals surface area (Å²) >= 11 is 0. The van der Waals surface area contributed by atoms with Crippen LogP contribution in [0.5, 0.6) is 5.75 Å². The Bertz CT molecular complexity index is 721. The number of amides is 1. The molecule has 0 spiro atoms. The Morgan fingerprint density at radius 1 is 1.14 bits per heavy atom. The van der Waals surface area contributed by atoms with Gasteiger partial charge >= 0.3 is 0 Å². The maximum absolute atomic E-state index is 12.3. The zero-order chi connectivity index (χ0) is 16.3. The summed E-state index contributed by atoms with van der Waals surface area (Å²) in [5.41, 5.74) is 2.58. The van der Waals surface area contributed by atoms with Crippen LogP contribution in [0.3, 0.4) is 0 Å². The van der Waals surface area contributed by atoms with E-state index in [1.165, 1.54) is 25.3 Å². The van der Waals surface area contributed by atoms with Gasteiger partial charge in [-0.05, 0) is 32.0 Å². The molecule has 22 heavy (non-hydrogen) atoms. The van der Waals surface area contributed by atoms with Crippen LogP contribution in [-0.2, 0) is 0 Å². The number of nitro benzene ring substituents is 1. The fourth-order valence-electron chi connectivity index (χ4n) is 2.21. The van der Waals surface area contributed by atoms with Crippen molar-refractivity contribution in [1.29, 1.82) is 0 Å². The lowest BCUT2D eigenvalue weighted by molar-refractivity contribution is -0.384. The first-order chi connectivity index (χ1) is 10.4. The molecule has 1 N–H and O–H groups in total. The summed E-state index contributed by atoms with van der Waals surface area (Å²) in [6, 6.07) is 9.53. The number of rotatable bonds is 4. The van der Waals surface area contributed by atoms with E-state index in [1.807, 2.05) is 19.9 Å². The van der Waals surface area contributed by atoms with Crippen LogP contribution < -0.4 is 10.1 Å². The SMILES string of the molecule is COc1ccc([N+](=O)[O-])cc1NC(=O)c1cc(C)cc(C)c1. The van der Waals surface area contributed by atoms with Gasteiger partial charge in [0.1, 0.15) is 5.75 Å². The zero-order valence-corrected chi connectivity index (χ0v) is 12.5.